The summed E-state index contributed by atoms with van der Waals surface area (Å²) in [5.41, 5.74) is 2.89. The molecule has 0 spiro atoms. The lowest BCUT2D eigenvalue weighted by Gasteiger charge is -2.32. The van der Waals surface area contributed by atoms with E-state index in [9.17, 15) is 9.18 Å². The molecule has 2 heterocycles. The van der Waals surface area contributed by atoms with Gasteiger partial charge in [0.15, 0.2) is 17.3 Å². The molecule has 1 aliphatic carbocycles. The summed E-state index contributed by atoms with van der Waals surface area (Å²) in [5.74, 6) is 2.23. The number of hydrogen-bond acceptors (Lipinski definition) is 7. The van der Waals surface area contributed by atoms with E-state index in [-0.39, 0.29) is 18.2 Å². The monoisotopic (exact) mass is 572 g/mol. The molecule has 5 rings (SSSR count). The van der Waals surface area contributed by atoms with Gasteiger partial charge in [0.05, 0.1) is 11.1 Å². The van der Waals surface area contributed by atoms with E-state index in [1.54, 1.807) is 34.6 Å². The summed E-state index contributed by atoms with van der Waals surface area (Å²) in [6.07, 6.45) is 2.09. The standard InChI is InChI=1S/C26H26BrFN4O3S/c1-3-34-21-13-16(12-17(27)24(21)35-14-15-8-5-6-9-18(15)28)23-22-19(10-7-11-20(22)33)29-25-30-26(36-4-2)31-32(23)25/h5-6,8-9,12-13,23H,3-4,7,10-11,14H2,1-2H3,(H,29,30,31). The van der Waals surface area contributed by atoms with Crippen LogP contribution in [0.3, 0.4) is 0 Å². The Morgan fingerprint density at radius 2 is 2.06 bits per heavy atom. The van der Waals surface area contributed by atoms with Crippen LogP contribution in [-0.2, 0) is 11.4 Å². The maximum absolute atomic E-state index is 14.2. The third-order valence-corrected chi connectivity index (χ3v) is 7.41. The fourth-order valence-corrected chi connectivity index (χ4v) is 5.68. The number of nitrogens with one attached hydrogen (secondary N) is 1. The van der Waals surface area contributed by atoms with Crippen LogP contribution >= 0.6 is 27.7 Å². The van der Waals surface area contributed by atoms with Crippen LogP contribution in [-0.4, -0.2) is 32.9 Å². The molecule has 0 bridgehead atoms. The van der Waals surface area contributed by atoms with Crippen LogP contribution in [0.5, 0.6) is 11.5 Å². The van der Waals surface area contributed by atoms with E-state index < -0.39 is 6.04 Å². The van der Waals surface area contributed by atoms with Crippen LogP contribution in [0.1, 0.15) is 50.3 Å². The zero-order valence-electron chi connectivity index (χ0n) is 20.0. The number of benzene rings is 2. The molecule has 1 N–H and O–H groups in total. The van der Waals surface area contributed by atoms with Gasteiger partial charge in [0.1, 0.15) is 18.5 Å². The summed E-state index contributed by atoms with van der Waals surface area (Å²) in [7, 11) is 0. The maximum atomic E-state index is 14.2. The molecular weight excluding hydrogens is 547 g/mol. The van der Waals surface area contributed by atoms with Crippen molar-refractivity contribution in [3.8, 4) is 11.5 Å². The van der Waals surface area contributed by atoms with Gasteiger partial charge in [-0.05, 0) is 65.2 Å². The number of ether oxygens (including phenoxy) is 2. The van der Waals surface area contributed by atoms with Crippen molar-refractivity contribution in [1.29, 1.82) is 0 Å². The molecule has 2 aliphatic rings. The van der Waals surface area contributed by atoms with E-state index in [1.807, 2.05) is 26.0 Å². The number of thioether (sulfide) groups is 1. The molecule has 3 aromatic rings. The average Bonchev–Trinajstić information content (AvgIpc) is 3.25. The van der Waals surface area contributed by atoms with Gasteiger partial charge in [-0.15, -0.1) is 5.10 Å². The predicted octanol–water partition coefficient (Wildman–Crippen LogP) is 6.29. The molecule has 0 amide bonds. The number of hydrogen-bond donors (Lipinski definition) is 1. The molecular formula is C26H26BrFN4O3S. The van der Waals surface area contributed by atoms with Gasteiger partial charge in [-0.25, -0.2) is 9.07 Å². The van der Waals surface area contributed by atoms with E-state index in [1.165, 1.54) is 6.07 Å². The number of Topliss-reactive ketones (excluding diaryl/α,β-unsaturated/α-hetero) is 1. The van der Waals surface area contributed by atoms with Crippen molar-refractivity contribution in [3.05, 3.63) is 69.1 Å². The number of anilines is 1. The summed E-state index contributed by atoms with van der Waals surface area (Å²) in [5, 5.41) is 8.74. The molecule has 1 aromatic heterocycles. The largest absolute Gasteiger partial charge is 0.490 e. The Balaban J connectivity index is 1.57. The first-order valence-electron chi connectivity index (χ1n) is 11.9. The summed E-state index contributed by atoms with van der Waals surface area (Å²) in [4.78, 5) is 17.8. The first-order chi connectivity index (χ1) is 17.5. The Morgan fingerprint density at radius 3 is 2.83 bits per heavy atom. The highest BCUT2D eigenvalue weighted by Crippen LogP contribution is 2.45. The number of fused-ring (bicyclic) bond motifs is 1. The van der Waals surface area contributed by atoms with Crippen molar-refractivity contribution in [2.45, 2.75) is 50.9 Å². The Labute approximate surface area is 221 Å². The van der Waals surface area contributed by atoms with Crippen LogP contribution < -0.4 is 14.8 Å². The summed E-state index contributed by atoms with van der Waals surface area (Å²) >= 11 is 5.19. The number of allylic oxidation sites excluding steroid dienone is 2. The average molecular weight is 573 g/mol. The highest BCUT2D eigenvalue weighted by molar-refractivity contribution is 9.10. The molecule has 1 aliphatic heterocycles. The van der Waals surface area contributed by atoms with E-state index in [0.29, 0.717) is 51.2 Å². The lowest BCUT2D eigenvalue weighted by atomic mass is 9.85. The van der Waals surface area contributed by atoms with Gasteiger partial charge >= 0.3 is 0 Å². The third-order valence-electron chi connectivity index (χ3n) is 6.10. The van der Waals surface area contributed by atoms with Crippen LogP contribution in [0, 0.1) is 5.82 Å². The van der Waals surface area contributed by atoms with Crippen LogP contribution in [0.25, 0.3) is 0 Å². The molecule has 7 nitrogen and oxygen atoms in total. The second-order valence-electron chi connectivity index (χ2n) is 8.44. The minimum absolute atomic E-state index is 0.0522. The van der Waals surface area contributed by atoms with Crippen LogP contribution in [0.15, 0.2) is 57.3 Å². The normalized spacial score (nSPS) is 16.9. The first kappa shape index (κ1) is 24.8. The maximum Gasteiger partial charge on any atom is 0.227 e. The number of carbonyl (C=O) groups is 1. The Hall–Kier alpha value is -2.85. The molecule has 0 radical (unpaired) electrons. The number of aromatic nitrogens is 3. The van der Waals surface area contributed by atoms with Crippen LogP contribution in [0.2, 0.25) is 0 Å². The van der Waals surface area contributed by atoms with Gasteiger partial charge in [0.25, 0.3) is 0 Å². The van der Waals surface area contributed by atoms with Crippen molar-refractivity contribution in [2.75, 3.05) is 17.7 Å². The van der Waals surface area contributed by atoms with Crippen molar-refractivity contribution in [3.63, 3.8) is 0 Å². The Bertz CT molecular complexity index is 1340. The van der Waals surface area contributed by atoms with E-state index in [4.69, 9.17) is 14.6 Å². The van der Waals surface area contributed by atoms with Gasteiger partial charge in [0.2, 0.25) is 11.1 Å². The second-order valence-corrected chi connectivity index (χ2v) is 10.5. The topological polar surface area (TPSA) is 78.3 Å². The van der Waals surface area contributed by atoms with Crippen molar-refractivity contribution >= 4 is 39.4 Å². The summed E-state index contributed by atoms with van der Waals surface area (Å²) in [6.45, 7) is 4.41. The SMILES string of the molecule is CCOc1cc(C2C3=C(CCCC3=O)Nc3nc(SCC)nn32)cc(Br)c1OCc1ccccc1F. The number of carbonyl (C=O) groups excluding carboxylic acids is 1. The summed E-state index contributed by atoms with van der Waals surface area (Å²) in [6, 6.07) is 9.86. The van der Waals surface area contributed by atoms with Gasteiger partial charge in [0, 0.05) is 23.3 Å². The van der Waals surface area contributed by atoms with Crippen molar-refractivity contribution < 1.29 is 18.7 Å². The number of halogens is 2. The van der Waals surface area contributed by atoms with Crippen molar-refractivity contribution in [2.24, 2.45) is 0 Å². The van der Waals surface area contributed by atoms with Gasteiger partial charge in [-0.3, -0.25) is 4.79 Å². The molecule has 188 valence electrons. The third kappa shape index (κ3) is 4.76. The molecule has 1 unspecified atom stereocenters. The summed E-state index contributed by atoms with van der Waals surface area (Å²) < 4.78 is 28.6. The highest BCUT2D eigenvalue weighted by Gasteiger charge is 2.37. The lowest BCUT2D eigenvalue weighted by Crippen LogP contribution is -2.31. The zero-order valence-corrected chi connectivity index (χ0v) is 22.4. The number of rotatable bonds is 8. The van der Waals surface area contributed by atoms with E-state index in [2.05, 4.69) is 26.2 Å². The molecule has 10 heteroatoms. The molecule has 2 aromatic carbocycles. The molecule has 36 heavy (non-hydrogen) atoms. The first-order valence-corrected chi connectivity index (χ1v) is 13.7. The highest BCUT2D eigenvalue weighted by atomic mass is 79.9. The van der Waals surface area contributed by atoms with E-state index >= 15 is 0 Å². The minimum atomic E-state index is -0.445. The number of nitrogens with zero attached hydrogens (tertiary/aromatic N) is 3. The van der Waals surface area contributed by atoms with Gasteiger partial charge in [-0.2, -0.15) is 4.98 Å². The van der Waals surface area contributed by atoms with Gasteiger partial charge < -0.3 is 14.8 Å². The second kappa shape index (κ2) is 10.6. The molecule has 0 saturated heterocycles. The molecule has 0 saturated carbocycles. The van der Waals surface area contributed by atoms with Crippen molar-refractivity contribution in [1.82, 2.24) is 14.8 Å². The quantitative estimate of drug-likeness (QED) is 0.318. The van der Waals surface area contributed by atoms with Crippen LogP contribution in [0.4, 0.5) is 10.3 Å². The minimum Gasteiger partial charge on any atom is -0.490 e. The number of ketones is 1. The zero-order chi connectivity index (χ0) is 25.2. The molecule has 0 fully saturated rings. The van der Waals surface area contributed by atoms with E-state index in [0.717, 1.165) is 29.9 Å². The Kier molecular flexibility index (Phi) is 7.34. The fourth-order valence-electron chi connectivity index (χ4n) is 4.55. The predicted molar refractivity (Wildman–Crippen MR) is 140 cm³/mol. The molecule has 1 atom stereocenters. The smallest absolute Gasteiger partial charge is 0.227 e. The van der Waals surface area contributed by atoms with Gasteiger partial charge in [-0.1, -0.05) is 36.9 Å². The Morgan fingerprint density at radius 1 is 1.22 bits per heavy atom. The lowest BCUT2D eigenvalue weighted by molar-refractivity contribution is -0.116. The fraction of sp³-hybridized carbons (Fsp3) is 0.346.